The molecule has 0 aliphatic rings. The van der Waals surface area contributed by atoms with Crippen LogP contribution in [0.25, 0.3) is 32.9 Å². The third-order valence-corrected chi connectivity index (χ3v) is 5.12. The molecule has 4 aromatic rings. The predicted octanol–water partition coefficient (Wildman–Crippen LogP) is 6.29. The van der Waals surface area contributed by atoms with Gasteiger partial charge in [0.05, 0.1) is 0 Å². The van der Waals surface area contributed by atoms with Gasteiger partial charge in [-0.1, -0.05) is 42.5 Å². The summed E-state index contributed by atoms with van der Waals surface area (Å²) in [7, 11) is 2.14. The summed E-state index contributed by atoms with van der Waals surface area (Å²) in [5.41, 5.74) is 7.53. The van der Waals surface area contributed by atoms with Crippen LogP contribution >= 0.6 is 0 Å². The van der Waals surface area contributed by atoms with Crippen LogP contribution < -0.4 is 5.32 Å². The molecule has 0 radical (unpaired) electrons. The van der Waals surface area contributed by atoms with Crippen molar-refractivity contribution < 1.29 is 0 Å². The van der Waals surface area contributed by atoms with Gasteiger partial charge in [0, 0.05) is 41.1 Å². The van der Waals surface area contributed by atoms with Gasteiger partial charge in [-0.2, -0.15) is 0 Å². The van der Waals surface area contributed by atoms with Gasteiger partial charge < -0.3 is 9.88 Å². The second kappa shape index (κ2) is 6.72. The van der Waals surface area contributed by atoms with Gasteiger partial charge in [-0.05, 0) is 60.9 Å². The van der Waals surface area contributed by atoms with Gasteiger partial charge in [-0.25, -0.2) is 0 Å². The number of benzene rings is 3. The zero-order valence-electron chi connectivity index (χ0n) is 15.6. The summed E-state index contributed by atoms with van der Waals surface area (Å²) in [6, 6.07) is 22.0. The number of hydrogen-bond donors (Lipinski definition) is 1. The quantitative estimate of drug-likeness (QED) is 0.432. The highest BCUT2D eigenvalue weighted by atomic mass is 14.9. The standard InChI is InChI=1S/C24H24N2/c1-4-5-14-25-22-12-10-18(15-17(22)2)19-11-13-24-21(16-19)20-8-6-7-9-23(20)26(24)3/h4-13,15-16,25H,14H2,1-3H3/b5-4-. The Labute approximate surface area is 154 Å². The van der Waals surface area contributed by atoms with Crippen molar-refractivity contribution in [2.45, 2.75) is 13.8 Å². The fourth-order valence-electron chi connectivity index (χ4n) is 3.68. The zero-order chi connectivity index (χ0) is 18.1. The average molecular weight is 340 g/mol. The number of fused-ring (bicyclic) bond motifs is 3. The second-order valence-electron chi connectivity index (χ2n) is 6.79. The van der Waals surface area contributed by atoms with Gasteiger partial charge >= 0.3 is 0 Å². The van der Waals surface area contributed by atoms with Crippen molar-refractivity contribution in [3.8, 4) is 11.1 Å². The lowest BCUT2D eigenvalue weighted by Gasteiger charge is -2.10. The molecular weight excluding hydrogens is 316 g/mol. The number of nitrogens with zero attached hydrogens (tertiary/aromatic N) is 1. The lowest BCUT2D eigenvalue weighted by molar-refractivity contribution is 1.01. The van der Waals surface area contributed by atoms with Crippen LogP contribution in [0.4, 0.5) is 5.69 Å². The number of aryl methyl sites for hydroxylation is 2. The first kappa shape index (κ1) is 16.5. The fourth-order valence-corrected chi connectivity index (χ4v) is 3.68. The first-order chi connectivity index (χ1) is 12.7. The van der Waals surface area contributed by atoms with Crippen molar-refractivity contribution in [2.75, 3.05) is 11.9 Å². The summed E-state index contributed by atoms with van der Waals surface area (Å²) in [6.07, 6.45) is 4.19. The Morgan fingerprint density at radius 2 is 1.62 bits per heavy atom. The number of nitrogens with one attached hydrogen (secondary N) is 1. The van der Waals surface area contributed by atoms with E-state index in [4.69, 9.17) is 0 Å². The Balaban J connectivity index is 1.77. The molecule has 4 rings (SSSR count). The lowest BCUT2D eigenvalue weighted by atomic mass is 10.0. The monoisotopic (exact) mass is 340 g/mol. The zero-order valence-corrected chi connectivity index (χ0v) is 15.6. The predicted molar refractivity (Wildman–Crippen MR) is 114 cm³/mol. The molecule has 26 heavy (non-hydrogen) atoms. The van der Waals surface area contributed by atoms with E-state index >= 15 is 0 Å². The van der Waals surface area contributed by atoms with Crippen LogP contribution in [0, 0.1) is 6.92 Å². The number of allylic oxidation sites excluding steroid dienone is 1. The maximum Gasteiger partial charge on any atom is 0.0489 e. The summed E-state index contributed by atoms with van der Waals surface area (Å²) in [4.78, 5) is 0. The summed E-state index contributed by atoms with van der Waals surface area (Å²) in [5.74, 6) is 0. The van der Waals surface area contributed by atoms with Gasteiger partial charge in [0.15, 0.2) is 0 Å². The van der Waals surface area contributed by atoms with Crippen LogP contribution in [0.2, 0.25) is 0 Å². The van der Waals surface area contributed by atoms with Gasteiger partial charge in [-0.15, -0.1) is 0 Å². The van der Waals surface area contributed by atoms with Crippen molar-refractivity contribution in [3.63, 3.8) is 0 Å². The highest BCUT2D eigenvalue weighted by molar-refractivity contribution is 6.09. The molecule has 130 valence electrons. The number of para-hydroxylation sites is 1. The Morgan fingerprint density at radius 1 is 0.885 bits per heavy atom. The van der Waals surface area contributed by atoms with E-state index in [0.717, 1.165) is 6.54 Å². The van der Waals surface area contributed by atoms with E-state index in [1.54, 1.807) is 0 Å². The molecule has 2 heteroatoms. The maximum atomic E-state index is 3.46. The molecule has 0 spiro atoms. The third kappa shape index (κ3) is 2.78. The summed E-state index contributed by atoms with van der Waals surface area (Å²) in [5, 5.41) is 6.09. The summed E-state index contributed by atoms with van der Waals surface area (Å²) in [6.45, 7) is 5.07. The molecule has 0 bridgehead atoms. The van der Waals surface area contributed by atoms with Gasteiger partial charge in [0.2, 0.25) is 0 Å². The van der Waals surface area contributed by atoms with Crippen LogP contribution in [-0.2, 0) is 7.05 Å². The number of hydrogen-bond acceptors (Lipinski definition) is 1. The van der Waals surface area contributed by atoms with E-state index < -0.39 is 0 Å². The van der Waals surface area contributed by atoms with Crippen LogP contribution in [0.5, 0.6) is 0 Å². The van der Waals surface area contributed by atoms with E-state index in [1.807, 2.05) is 6.92 Å². The molecule has 0 unspecified atom stereocenters. The largest absolute Gasteiger partial charge is 0.381 e. The van der Waals surface area contributed by atoms with E-state index in [2.05, 4.69) is 96.7 Å². The molecule has 0 saturated heterocycles. The molecule has 0 amide bonds. The van der Waals surface area contributed by atoms with Gasteiger partial charge in [0.25, 0.3) is 0 Å². The third-order valence-electron chi connectivity index (χ3n) is 5.12. The molecule has 0 saturated carbocycles. The summed E-state index contributed by atoms with van der Waals surface area (Å²) >= 11 is 0. The normalized spacial score (nSPS) is 11.7. The minimum absolute atomic E-state index is 0.860. The topological polar surface area (TPSA) is 17.0 Å². The van der Waals surface area contributed by atoms with Gasteiger partial charge in [-0.3, -0.25) is 0 Å². The molecule has 0 aliphatic heterocycles. The molecule has 1 N–H and O–H groups in total. The molecule has 2 nitrogen and oxygen atoms in total. The van der Waals surface area contributed by atoms with E-state index in [0.29, 0.717) is 0 Å². The fraction of sp³-hybridized carbons (Fsp3) is 0.167. The molecule has 1 heterocycles. The smallest absolute Gasteiger partial charge is 0.0489 e. The highest BCUT2D eigenvalue weighted by Crippen LogP contribution is 2.32. The Morgan fingerprint density at radius 3 is 2.42 bits per heavy atom. The molecule has 0 fully saturated rings. The van der Waals surface area contributed by atoms with Crippen LogP contribution in [0.3, 0.4) is 0 Å². The first-order valence-corrected chi connectivity index (χ1v) is 9.12. The first-order valence-electron chi connectivity index (χ1n) is 9.12. The maximum absolute atomic E-state index is 3.46. The highest BCUT2D eigenvalue weighted by Gasteiger charge is 2.09. The molecular formula is C24H24N2. The minimum Gasteiger partial charge on any atom is -0.381 e. The minimum atomic E-state index is 0.860. The van der Waals surface area contributed by atoms with E-state index in [1.165, 1.54) is 44.2 Å². The summed E-state index contributed by atoms with van der Waals surface area (Å²) < 4.78 is 2.27. The van der Waals surface area contributed by atoms with E-state index in [-0.39, 0.29) is 0 Å². The molecule has 3 aromatic carbocycles. The average Bonchev–Trinajstić information content (AvgIpc) is 2.96. The number of rotatable bonds is 4. The van der Waals surface area contributed by atoms with E-state index in [9.17, 15) is 0 Å². The molecule has 1 aromatic heterocycles. The Bertz CT molecular complexity index is 1120. The lowest BCUT2D eigenvalue weighted by Crippen LogP contribution is -1.99. The molecule has 0 atom stereocenters. The van der Waals surface area contributed by atoms with Crippen molar-refractivity contribution in [3.05, 3.63) is 78.4 Å². The van der Waals surface area contributed by atoms with Crippen molar-refractivity contribution in [2.24, 2.45) is 7.05 Å². The Hall–Kier alpha value is -3.00. The number of anilines is 1. The van der Waals surface area contributed by atoms with Crippen LogP contribution in [0.1, 0.15) is 12.5 Å². The molecule has 0 aliphatic carbocycles. The number of aromatic nitrogens is 1. The van der Waals surface area contributed by atoms with Crippen molar-refractivity contribution in [1.29, 1.82) is 0 Å². The van der Waals surface area contributed by atoms with Crippen molar-refractivity contribution >= 4 is 27.5 Å². The van der Waals surface area contributed by atoms with Crippen molar-refractivity contribution in [1.82, 2.24) is 4.57 Å². The van der Waals surface area contributed by atoms with Crippen LogP contribution in [-0.4, -0.2) is 11.1 Å². The SMILES string of the molecule is C/C=C\CNc1ccc(-c2ccc3c(c2)c2ccccc2n3C)cc1C. The van der Waals surface area contributed by atoms with Crippen LogP contribution in [0.15, 0.2) is 72.8 Å². The Kier molecular flexibility index (Phi) is 4.26. The van der Waals surface area contributed by atoms with Gasteiger partial charge in [0.1, 0.15) is 0 Å². The second-order valence-corrected chi connectivity index (χ2v) is 6.79.